The van der Waals surface area contributed by atoms with E-state index in [1.54, 1.807) is 0 Å². The molecule has 110 valence electrons. The Bertz CT molecular complexity index is 464. The molecule has 0 bridgehead atoms. The Morgan fingerprint density at radius 3 is 2.50 bits per heavy atom. The van der Waals surface area contributed by atoms with Crippen LogP contribution in [0, 0.1) is 13.8 Å². The summed E-state index contributed by atoms with van der Waals surface area (Å²) >= 11 is 0. The molecule has 1 aliphatic rings. The predicted molar refractivity (Wildman–Crippen MR) is 82.9 cm³/mol. The maximum Gasteiger partial charge on any atom is 0.315 e. The van der Waals surface area contributed by atoms with Gasteiger partial charge >= 0.3 is 6.03 Å². The van der Waals surface area contributed by atoms with Crippen LogP contribution in [0.5, 0.6) is 0 Å². The van der Waals surface area contributed by atoms with Gasteiger partial charge < -0.3 is 10.6 Å². The highest BCUT2D eigenvalue weighted by atomic mass is 16.2. The first-order valence-electron chi connectivity index (χ1n) is 7.70. The Morgan fingerprint density at radius 1 is 1.15 bits per heavy atom. The molecule has 3 nitrogen and oxygen atoms in total. The molecule has 0 aliphatic heterocycles. The van der Waals surface area contributed by atoms with Crippen LogP contribution in [-0.2, 0) is 0 Å². The molecule has 1 atom stereocenters. The van der Waals surface area contributed by atoms with Crippen LogP contribution in [0.1, 0.15) is 61.8 Å². The fraction of sp³-hybridized carbons (Fsp3) is 0.588. The van der Waals surface area contributed by atoms with Crippen molar-refractivity contribution in [3.63, 3.8) is 0 Å². The minimum Gasteiger partial charge on any atom is -0.335 e. The Kier molecular flexibility index (Phi) is 5.05. The van der Waals surface area contributed by atoms with Crippen molar-refractivity contribution >= 4 is 6.03 Å². The van der Waals surface area contributed by atoms with E-state index in [0.29, 0.717) is 6.04 Å². The number of carbonyl (C=O) groups excluding carboxylic acids is 1. The molecule has 20 heavy (non-hydrogen) atoms. The first-order chi connectivity index (χ1) is 9.56. The summed E-state index contributed by atoms with van der Waals surface area (Å²) in [5.74, 6) is 0. The molecule has 0 radical (unpaired) electrons. The van der Waals surface area contributed by atoms with Gasteiger partial charge in [0.1, 0.15) is 0 Å². The lowest BCUT2D eigenvalue weighted by Gasteiger charge is -2.24. The van der Waals surface area contributed by atoms with Crippen LogP contribution in [0.4, 0.5) is 4.79 Å². The molecule has 1 aromatic carbocycles. The molecule has 0 unspecified atom stereocenters. The van der Waals surface area contributed by atoms with E-state index >= 15 is 0 Å². The summed E-state index contributed by atoms with van der Waals surface area (Å²) in [4.78, 5) is 12.0. The summed E-state index contributed by atoms with van der Waals surface area (Å²) in [7, 11) is 0. The lowest BCUT2D eigenvalue weighted by Crippen LogP contribution is -2.43. The summed E-state index contributed by atoms with van der Waals surface area (Å²) in [6.45, 7) is 6.24. The van der Waals surface area contributed by atoms with Crippen molar-refractivity contribution in [3.8, 4) is 0 Å². The highest BCUT2D eigenvalue weighted by molar-refractivity contribution is 5.74. The fourth-order valence-electron chi connectivity index (χ4n) is 2.79. The summed E-state index contributed by atoms with van der Waals surface area (Å²) in [6.07, 6.45) is 6.01. The van der Waals surface area contributed by atoms with E-state index in [-0.39, 0.29) is 12.1 Å². The molecule has 0 heterocycles. The zero-order chi connectivity index (χ0) is 14.5. The number of rotatable bonds is 3. The van der Waals surface area contributed by atoms with Crippen LogP contribution in [0.25, 0.3) is 0 Å². The summed E-state index contributed by atoms with van der Waals surface area (Å²) in [5, 5.41) is 6.14. The largest absolute Gasteiger partial charge is 0.335 e. The Labute approximate surface area is 122 Å². The Morgan fingerprint density at radius 2 is 1.85 bits per heavy atom. The van der Waals surface area contributed by atoms with Gasteiger partial charge in [0.2, 0.25) is 0 Å². The summed E-state index contributed by atoms with van der Waals surface area (Å²) < 4.78 is 0. The molecule has 1 saturated carbocycles. The van der Waals surface area contributed by atoms with Crippen molar-refractivity contribution in [2.24, 2.45) is 0 Å². The zero-order valence-electron chi connectivity index (χ0n) is 12.8. The molecule has 2 rings (SSSR count). The van der Waals surface area contributed by atoms with Crippen LogP contribution in [-0.4, -0.2) is 12.1 Å². The third-order valence-electron chi connectivity index (χ3n) is 4.32. The predicted octanol–water partition coefficient (Wildman–Crippen LogP) is 4.00. The van der Waals surface area contributed by atoms with Gasteiger partial charge in [0, 0.05) is 6.04 Å². The molecule has 3 heteroatoms. The Hall–Kier alpha value is -1.51. The molecule has 2 N–H and O–H groups in total. The van der Waals surface area contributed by atoms with Crippen LogP contribution >= 0.6 is 0 Å². The van der Waals surface area contributed by atoms with Crippen LogP contribution < -0.4 is 10.6 Å². The van der Waals surface area contributed by atoms with E-state index < -0.39 is 0 Å². The molecular weight excluding hydrogens is 248 g/mol. The van der Waals surface area contributed by atoms with Crippen LogP contribution in [0.15, 0.2) is 18.2 Å². The van der Waals surface area contributed by atoms with E-state index in [9.17, 15) is 4.79 Å². The van der Waals surface area contributed by atoms with E-state index in [1.165, 1.54) is 30.4 Å². The second kappa shape index (κ2) is 6.78. The van der Waals surface area contributed by atoms with Gasteiger partial charge in [0.25, 0.3) is 0 Å². The molecular formula is C17H26N2O. The van der Waals surface area contributed by atoms with Gasteiger partial charge in [-0.3, -0.25) is 0 Å². The number of hydrogen-bond donors (Lipinski definition) is 2. The molecule has 0 spiro atoms. The van der Waals surface area contributed by atoms with Crippen molar-refractivity contribution < 1.29 is 4.79 Å². The van der Waals surface area contributed by atoms with E-state index in [0.717, 1.165) is 18.4 Å². The van der Waals surface area contributed by atoms with Crippen molar-refractivity contribution in [1.82, 2.24) is 10.6 Å². The molecule has 1 fully saturated rings. The molecule has 0 saturated heterocycles. The lowest BCUT2D eigenvalue weighted by molar-refractivity contribution is 0.229. The standard InChI is InChI=1S/C17H26N2O/c1-12-9-10-15(11-13(12)2)14(3)18-17(20)19-16-7-5-4-6-8-16/h9-11,14,16H,4-8H2,1-3H3,(H2,18,19,20)/t14-/m0/s1. The van der Waals surface area contributed by atoms with Gasteiger partial charge in [0.05, 0.1) is 6.04 Å². The van der Waals surface area contributed by atoms with Crippen molar-refractivity contribution in [2.75, 3.05) is 0 Å². The highest BCUT2D eigenvalue weighted by Gasteiger charge is 2.17. The Balaban J connectivity index is 1.87. The second-order valence-electron chi connectivity index (χ2n) is 6.02. The van der Waals surface area contributed by atoms with Gasteiger partial charge in [-0.15, -0.1) is 0 Å². The minimum atomic E-state index is -0.0392. The fourth-order valence-corrected chi connectivity index (χ4v) is 2.79. The average Bonchev–Trinajstić information content (AvgIpc) is 2.42. The van der Waals surface area contributed by atoms with Gasteiger partial charge in [-0.1, -0.05) is 37.5 Å². The monoisotopic (exact) mass is 274 g/mol. The van der Waals surface area contributed by atoms with Gasteiger partial charge in [-0.2, -0.15) is 0 Å². The minimum absolute atomic E-state index is 0.0392. The summed E-state index contributed by atoms with van der Waals surface area (Å²) in [6, 6.07) is 6.72. The molecule has 0 aromatic heterocycles. The zero-order valence-corrected chi connectivity index (χ0v) is 12.8. The lowest BCUT2D eigenvalue weighted by atomic mass is 9.96. The first kappa shape index (κ1) is 14.9. The first-order valence-corrected chi connectivity index (χ1v) is 7.70. The van der Waals surface area contributed by atoms with Crippen molar-refractivity contribution in [1.29, 1.82) is 0 Å². The topological polar surface area (TPSA) is 41.1 Å². The molecule has 2 amide bonds. The smallest absolute Gasteiger partial charge is 0.315 e. The van der Waals surface area contributed by atoms with Crippen molar-refractivity contribution in [3.05, 3.63) is 34.9 Å². The molecule has 1 aliphatic carbocycles. The van der Waals surface area contributed by atoms with E-state index in [1.807, 2.05) is 6.92 Å². The maximum atomic E-state index is 12.0. The second-order valence-corrected chi connectivity index (χ2v) is 6.02. The SMILES string of the molecule is Cc1ccc([C@H](C)NC(=O)NC2CCCCC2)cc1C. The number of hydrogen-bond acceptors (Lipinski definition) is 1. The van der Waals surface area contributed by atoms with Gasteiger partial charge in [-0.05, 0) is 50.3 Å². The third kappa shape index (κ3) is 3.99. The van der Waals surface area contributed by atoms with Gasteiger partial charge in [-0.25, -0.2) is 4.79 Å². The van der Waals surface area contributed by atoms with E-state index in [4.69, 9.17) is 0 Å². The highest BCUT2D eigenvalue weighted by Crippen LogP contribution is 2.18. The summed E-state index contributed by atoms with van der Waals surface area (Å²) in [5.41, 5.74) is 3.71. The quantitative estimate of drug-likeness (QED) is 0.859. The van der Waals surface area contributed by atoms with Crippen LogP contribution in [0.2, 0.25) is 0 Å². The number of benzene rings is 1. The normalized spacial score (nSPS) is 17.6. The number of carbonyl (C=O) groups is 1. The van der Waals surface area contributed by atoms with Crippen molar-refractivity contribution in [2.45, 2.75) is 65.0 Å². The van der Waals surface area contributed by atoms with E-state index in [2.05, 4.69) is 42.7 Å². The number of aryl methyl sites for hydroxylation is 2. The number of urea groups is 1. The average molecular weight is 274 g/mol. The molecule has 1 aromatic rings. The van der Waals surface area contributed by atoms with Crippen LogP contribution in [0.3, 0.4) is 0 Å². The number of amides is 2. The third-order valence-corrected chi connectivity index (χ3v) is 4.32. The maximum absolute atomic E-state index is 12.0. The number of nitrogens with one attached hydrogen (secondary N) is 2. The van der Waals surface area contributed by atoms with Gasteiger partial charge in [0.15, 0.2) is 0 Å².